The summed E-state index contributed by atoms with van der Waals surface area (Å²) < 4.78 is 11.0. The monoisotopic (exact) mass is 497 g/mol. The number of fused-ring (bicyclic) bond motifs is 1. The summed E-state index contributed by atoms with van der Waals surface area (Å²) in [7, 11) is 0. The van der Waals surface area contributed by atoms with Crippen LogP contribution >= 0.6 is 11.6 Å². The minimum Gasteiger partial charge on any atom is -0.448 e. The number of carbonyl (C=O) groups is 3. The summed E-state index contributed by atoms with van der Waals surface area (Å²) in [4.78, 5) is 48.4. The summed E-state index contributed by atoms with van der Waals surface area (Å²) in [5.41, 5.74) is 0.703. The zero-order chi connectivity index (χ0) is 24.4. The van der Waals surface area contributed by atoms with Crippen LogP contribution in [0.2, 0.25) is 5.02 Å². The van der Waals surface area contributed by atoms with E-state index in [-0.39, 0.29) is 41.8 Å². The van der Waals surface area contributed by atoms with Crippen LogP contribution in [-0.4, -0.2) is 58.4 Å². The normalized spacial score (nSPS) is 20.6. The van der Waals surface area contributed by atoms with Gasteiger partial charge >= 0.3 is 0 Å². The van der Waals surface area contributed by atoms with Crippen molar-refractivity contribution in [3.05, 3.63) is 47.6 Å². The van der Waals surface area contributed by atoms with Gasteiger partial charge in [-0.05, 0) is 43.9 Å². The number of morpholine rings is 1. The van der Waals surface area contributed by atoms with Crippen LogP contribution in [0.3, 0.4) is 0 Å². The standard InChI is InChI=1S/C24H24ClN5O5/c25-15-3-6-19(27-11-15)28-24(33)22-21(17-12-26-8-7-18(17)35-22)29-23(32)14-1-4-16(5-2-14)30-9-10-34-13-20(30)31/h3,6-8,11-12,14,16H,1-2,4-5,9-10,13H2,(H,29,32)(H,27,28,33)/t14-,16-. The second kappa shape index (κ2) is 10.0. The van der Waals surface area contributed by atoms with Crippen molar-refractivity contribution >= 4 is 51.8 Å². The zero-order valence-electron chi connectivity index (χ0n) is 18.8. The second-order valence-electron chi connectivity index (χ2n) is 8.63. The smallest absolute Gasteiger partial charge is 0.294 e. The van der Waals surface area contributed by atoms with Crippen molar-refractivity contribution < 1.29 is 23.5 Å². The molecule has 11 heteroatoms. The molecular weight excluding hydrogens is 474 g/mol. The highest BCUT2D eigenvalue weighted by Gasteiger charge is 2.34. The third-order valence-electron chi connectivity index (χ3n) is 6.44. The number of ether oxygens (including phenoxy) is 1. The number of pyridine rings is 2. The molecule has 1 aliphatic carbocycles. The summed E-state index contributed by atoms with van der Waals surface area (Å²) in [6, 6.07) is 4.94. The molecule has 0 spiro atoms. The minimum absolute atomic E-state index is 0.00681. The predicted molar refractivity (Wildman–Crippen MR) is 128 cm³/mol. The molecule has 0 atom stereocenters. The van der Waals surface area contributed by atoms with Gasteiger partial charge in [0.1, 0.15) is 23.7 Å². The molecule has 2 N–H and O–H groups in total. The number of aromatic nitrogens is 2. The number of nitrogens with one attached hydrogen (secondary N) is 2. The summed E-state index contributed by atoms with van der Waals surface area (Å²) in [6.07, 6.45) is 7.29. The summed E-state index contributed by atoms with van der Waals surface area (Å²) >= 11 is 5.86. The topological polar surface area (TPSA) is 127 Å². The maximum Gasteiger partial charge on any atom is 0.294 e. The fourth-order valence-electron chi connectivity index (χ4n) is 4.64. The molecule has 1 saturated heterocycles. The Morgan fingerprint density at radius 3 is 2.66 bits per heavy atom. The SMILES string of the molecule is O=C(Nc1ccc(Cl)cn1)c1oc2ccncc2c1NC(=O)[C@H]1CC[C@H](N2CCOCC2=O)CC1. The molecule has 2 fully saturated rings. The van der Waals surface area contributed by atoms with Crippen molar-refractivity contribution in [2.45, 2.75) is 31.7 Å². The molecule has 35 heavy (non-hydrogen) atoms. The molecule has 0 aromatic carbocycles. The Kier molecular flexibility index (Phi) is 6.65. The second-order valence-corrected chi connectivity index (χ2v) is 9.06. The lowest BCUT2D eigenvalue weighted by molar-refractivity contribution is -0.146. The lowest BCUT2D eigenvalue weighted by Crippen LogP contribution is -2.49. The van der Waals surface area contributed by atoms with Gasteiger partial charge < -0.3 is 24.7 Å². The summed E-state index contributed by atoms with van der Waals surface area (Å²) in [5, 5.41) is 6.54. The maximum absolute atomic E-state index is 13.2. The number of carbonyl (C=O) groups excluding carboxylic acids is 3. The third kappa shape index (κ3) is 4.98. The number of amides is 3. The van der Waals surface area contributed by atoms with Crippen molar-refractivity contribution in [3.8, 4) is 0 Å². The maximum atomic E-state index is 13.2. The van der Waals surface area contributed by atoms with Gasteiger partial charge in [-0.3, -0.25) is 19.4 Å². The number of rotatable bonds is 5. The number of anilines is 2. The van der Waals surface area contributed by atoms with E-state index in [0.29, 0.717) is 47.8 Å². The Morgan fingerprint density at radius 1 is 1.09 bits per heavy atom. The van der Waals surface area contributed by atoms with Crippen LogP contribution in [0, 0.1) is 5.92 Å². The van der Waals surface area contributed by atoms with Gasteiger partial charge in [-0.15, -0.1) is 0 Å². The van der Waals surface area contributed by atoms with Gasteiger partial charge in [-0.1, -0.05) is 11.6 Å². The molecule has 0 radical (unpaired) electrons. The van der Waals surface area contributed by atoms with Crippen molar-refractivity contribution in [3.63, 3.8) is 0 Å². The molecule has 1 saturated carbocycles. The van der Waals surface area contributed by atoms with E-state index in [0.717, 1.165) is 12.8 Å². The molecule has 1 aliphatic heterocycles. The number of hydrogen-bond acceptors (Lipinski definition) is 7. The van der Waals surface area contributed by atoms with E-state index in [2.05, 4.69) is 20.6 Å². The quantitative estimate of drug-likeness (QED) is 0.552. The van der Waals surface area contributed by atoms with E-state index in [4.69, 9.17) is 20.8 Å². The molecule has 0 unspecified atom stereocenters. The van der Waals surface area contributed by atoms with Crippen LogP contribution in [-0.2, 0) is 14.3 Å². The molecule has 182 valence electrons. The molecule has 4 heterocycles. The van der Waals surface area contributed by atoms with Gasteiger partial charge in [0.2, 0.25) is 17.6 Å². The zero-order valence-corrected chi connectivity index (χ0v) is 19.6. The number of halogens is 1. The van der Waals surface area contributed by atoms with E-state index >= 15 is 0 Å². The highest BCUT2D eigenvalue weighted by Crippen LogP contribution is 2.34. The average molecular weight is 498 g/mol. The fourth-order valence-corrected chi connectivity index (χ4v) is 4.75. The molecule has 3 amide bonds. The van der Waals surface area contributed by atoms with Gasteiger partial charge in [0.05, 0.1) is 17.0 Å². The van der Waals surface area contributed by atoms with Crippen LogP contribution in [0.15, 0.2) is 41.2 Å². The molecule has 0 bridgehead atoms. The first-order valence-electron chi connectivity index (χ1n) is 11.5. The van der Waals surface area contributed by atoms with Crippen LogP contribution in [0.5, 0.6) is 0 Å². The molecular formula is C24H24ClN5O5. The average Bonchev–Trinajstić information content (AvgIpc) is 3.24. The van der Waals surface area contributed by atoms with Crippen molar-refractivity contribution in [2.24, 2.45) is 5.92 Å². The van der Waals surface area contributed by atoms with E-state index in [1.165, 1.54) is 6.20 Å². The molecule has 5 rings (SSSR count). The highest BCUT2D eigenvalue weighted by atomic mass is 35.5. The molecule has 10 nitrogen and oxygen atoms in total. The van der Waals surface area contributed by atoms with Gasteiger partial charge in [-0.2, -0.15) is 0 Å². The number of hydrogen-bond donors (Lipinski definition) is 2. The van der Waals surface area contributed by atoms with Crippen LogP contribution in [0.25, 0.3) is 11.0 Å². The van der Waals surface area contributed by atoms with E-state index in [1.54, 1.807) is 30.6 Å². The molecule has 2 aliphatic rings. The van der Waals surface area contributed by atoms with Gasteiger partial charge in [0.25, 0.3) is 5.91 Å². The largest absolute Gasteiger partial charge is 0.448 e. The predicted octanol–water partition coefficient (Wildman–Crippen LogP) is 3.48. The van der Waals surface area contributed by atoms with Crippen LogP contribution in [0.1, 0.15) is 36.2 Å². The molecule has 3 aromatic heterocycles. The molecule has 3 aromatic rings. The van der Waals surface area contributed by atoms with Crippen molar-refractivity contribution in [1.29, 1.82) is 0 Å². The van der Waals surface area contributed by atoms with Crippen molar-refractivity contribution in [1.82, 2.24) is 14.9 Å². The van der Waals surface area contributed by atoms with Gasteiger partial charge in [0.15, 0.2) is 0 Å². The van der Waals surface area contributed by atoms with E-state index in [9.17, 15) is 14.4 Å². The fraction of sp³-hybridized carbons (Fsp3) is 0.375. The first-order valence-corrected chi connectivity index (χ1v) is 11.8. The number of furan rings is 1. The first kappa shape index (κ1) is 23.3. The Hall–Kier alpha value is -3.50. The van der Waals surface area contributed by atoms with Crippen LogP contribution < -0.4 is 10.6 Å². The third-order valence-corrected chi connectivity index (χ3v) is 6.67. The number of nitrogens with zero attached hydrogens (tertiary/aromatic N) is 3. The lowest BCUT2D eigenvalue weighted by atomic mass is 9.84. The van der Waals surface area contributed by atoms with Gasteiger partial charge in [0, 0.05) is 37.1 Å². The minimum atomic E-state index is -0.555. The summed E-state index contributed by atoms with van der Waals surface area (Å²) in [5.74, 6) is -0.718. The Morgan fingerprint density at radius 2 is 1.91 bits per heavy atom. The Balaban J connectivity index is 1.30. The van der Waals surface area contributed by atoms with E-state index < -0.39 is 5.91 Å². The summed E-state index contributed by atoms with van der Waals surface area (Å²) in [6.45, 7) is 1.26. The highest BCUT2D eigenvalue weighted by molar-refractivity contribution is 6.30. The Labute approximate surface area is 206 Å². The van der Waals surface area contributed by atoms with Crippen molar-refractivity contribution in [2.75, 3.05) is 30.4 Å². The first-order chi connectivity index (χ1) is 17.0. The van der Waals surface area contributed by atoms with E-state index in [1.807, 2.05) is 4.90 Å². The van der Waals surface area contributed by atoms with Gasteiger partial charge in [-0.25, -0.2) is 4.98 Å². The lowest BCUT2D eigenvalue weighted by Gasteiger charge is -2.38. The Bertz CT molecular complexity index is 1250. The van der Waals surface area contributed by atoms with Crippen LogP contribution in [0.4, 0.5) is 11.5 Å².